The molecule has 0 unspecified atom stereocenters. The van der Waals surface area contributed by atoms with Crippen molar-refractivity contribution in [3.8, 4) is 39.3 Å². The van der Waals surface area contributed by atoms with Crippen LogP contribution >= 0.6 is 0 Å². The zero-order chi connectivity index (χ0) is 36.1. The van der Waals surface area contributed by atoms with Gasteiger partial charge in [-0.2, -0.15) is 0 Å². The number of aromatic nitrogens is 1. The smallest absolute Gasteiger partial charge is 0.0535 e. The molecule has 7 rings (SSSR count). The van der Waals surface area contributed by atoms with E-state index in [2.05, 4.69) is 161 Å². The molecule has 0 spiro atoms. The molecule has 0 saturated carbocycles. The molecular formula is C51H57N. The summed E-state index contributed by atoms with van der Waals surface area (Å²) in [6, 6.07) is 46.5. The van der Waals surface area contributed by atoms with Gasteiger partial charge in [-0.05, 0) is 115 Å². The van der Waals surface area contributed by atoms with Gasteiger partial charge in [0.2, 0.25) is 0 Å². The number of hydrogen-bond acceptors (Lipinski definition) is 0. The normalized spacial score (nSPS) is 13.2. The topological polar surface area (TPSA) is 4.93 Å². The summed E-state index contributed by atoms with van der Waals surface area (Å²) >= 11 is 0. The summed E-state index contributed by atoms with van der Waals surface area (Å²) in [6.45, 7) is 11.2. The SMILES string of the molecule is CCCCCCC1(CCCCCC)c2cc(C)ccc2Cc2ccc(-c3ccc(-c4ccc(-c5ccc(C)cc5)n4-c4ccc(C)cc4)cc3)cc21. The maximum Gasteiger partial charge on any atom is 0.0535 e. The van der Waals surface area contributed by atoms with E-state index in [1.807, 2.05) is 0 Å². The molecule has 1 heteroatoms. The molecule has 1 aromatic heterocycles. The molecule has 0 radical (unpaired) electrons. The van der Waals surface area contributed by atoms with E-state index in [4.69, 9.17) is 0 Å². The van der Waals surface area contributed by atoms with E-state index in [-0.39, 0.29) is 5.41 Å². The zero-order valence-corrected chi connectivity index (χ0v) is 32.3. The van der Waals surface area contributed by atoms with Gasteiger partial charge in [-0.3, -0.25) is 0 Å². The number of nitrogens with zero attached hydrogens (tertiary/aromatic N) is 1. The van der Waals surface area contributed by atoms with Crippen molar-refractivity contribution in [2.75, 3.05) is 0 Å². The third-order valence-corrected chi connectivity index (χ3v) is 11.7. The van der Waals surface area contributed by atoms with E-state index in [1.165, 1.54) is 126 Å². The Morgan fingerprint density at radius 1 is 0.442 bits per heavy atom. The molecule has 0 saturated heterocycles. The Morgan fingerprint density at radius 2 is 0.904 bits per heavy atom. The Morgan fingerprint density at radius 3 is 1.48 bits per heavy atom. The largest absolute Gasteiger partial charge is 0.309 e. The lowest BCUT2D eigenvalue weighted by Crippen LogP contribution is -2.34. The van der Waals surface area contributed by atoms with E-state index in [9.17, 15) is 0 Å². The van der Waals surface area contributed by atoms with E-state index >= 15 is 0 Å². The molecule has 0 bridgehead atoms. The van der Waals surface area contributed by atoms with E-state index < -0.39 is 0 Å². The molecule has 0 aliphatic heterocycles. The van der Waals surface area contributed by atoms with Crippen molar-refractivity contribution in [2.24, 2.45) is 0 Å². The van der Waals surface area contributed by atoms with Crippen molar-refractivity contribution in [3.63, 3.8) is 0 Å². The van der Waals surface area contributed by atoms with Crippen LogP contribution in [0, 0.1) is 20.8 Å². The predicted molar refractivity (Wildman–Crippen MR) is 224 cm³/mol. The second-order valence-electron chi connectivity index (χ2n) is 15.6. The van der Waals surface area contributed by atoms with Crippen LogP contribution in [0.3, 0.4) is 0 Å². The van der Waals surface area contributed by atoms with E-state index in [0.717, 1.165) is 6.42 Å². The Hall–Kier alpha value is -4.62. The fraction of sp³-hybridized carbons (Fsp3) is 0.333. The number of rotatable bonds is 14. The standard InChI is InChI=1S/C51H57N/c1-6-8-10-12-32-51(33-13-11-9-7-2)47-34-39(5)16-21-44(47)35-45-27-26-43(36-48(45)51)40-22-24-42(25-23-40)50-31-30-49(41-19-14-37(3)15-20-41)52(50)46-28-17-38(4)18-29-46/h14-31,34,36H,6-13,32-33,35H2,1-5H3. The van der Waals surface area contributed by atoms with Crippen LogP contribution in [-0.2, 0) is 11.8 Å². The van der Waals surface area contributed by atoms with Crippen LogP contribution in [-0.4, -0.2) is 4.57 Å². The first-order valence-corrected chi connectivity index (χ1v) is 20.1. The van der Waals surface area contributed by atoms with Gasteiger partial charge in [0.15, 0.2) is 0 Å². The van der Waals surface area contributed by atoms with Crippen molar-refractivity contribution in [2.45, 2.75) is 111 Å². The van der Waals surface area contributed by atoms with Crippen molar-refractivity contribution < 1.29 is 0 Å². The minimum absolute atomic E-state index is 0.0770. The number of fused-ring (bicyclic) bond motifs is 2. The van der Waals surface area contributed by atoms with Crippen molar-refractivity contribution in [3.05, 3.63) is 160 Å². The van der Waals surface area contributed by atoms with Crippen LogP contribution in [0.2, 0.25) is 0 Å². The summed E-state index contributed by atoms with van der Waals surface area (Å²) in [7, 11) is 0. The fourth-order valence-electron chi connectivity index (χ4n) is 8.78. The molecule has 266 valence electrons. The van der Waals surface area contributed by atoms with E-state index in [0.29, 0.717) is 0 Å². The Labute approximate surface area is 313 Å². The maximum absolute atomic E-state index is 2.60. The van der Waals surface area contributed by atoms with Gasteiger partial charge in [0.1, 0.15) is 0 Å². The molecule has 5 aromatic carbocycles. The molecule has 1 heterocycles. The third-order valence-electron chi connectivity index (χ3n) is 11.7. The highest BCUT2D eigenvalue weighted by molar-refractivity contribution is 5.76. The highest BCUT2D eigenvalue weighted by Gasteiger charge is 2.40. The van der Waals surface area contributed by atoms with Gasteiger partial charge in [-0.25, -0.2) is 0 Å². The first-order chi connectivity index (χ1) is 25.4. The average Bonchev–Trinajstić information content (AvgIpc) is 3.61. The third kappa shape index (κ3) is 7.34. The van der Waals surface area contributed by atoms with E-state index in [1.54, 1.807) is 16.7 Å². The molecule has 0 atom stereocenters. The van der Waals surface area contributed by atoms with Gasteiger partial charge < -0.3 is 4.57 Å². The summed E-state index contributed by atoms with van der Waals surface area (Å²) in [4.78, 5) is 0. The van der Waals surface area contributed by atoms with Gasteiger partial charge in [-0.15, -0.1) is 0 Å². The van der Waals surface area contributed by atoms with Gasteiger partial charge in [0.25, 0.3) is 0 Å². The molecule has 6 aromatic rings. The Bertz CT molecular complexity index is 2080. The molecule has 1 aliphatic carbocycles. The van der Waals surface area contributed by atoms with Crippen LogP contribution in [0.4, 0.5) is 0 Å². The van der Waals surface area contributed by atoms with Crippen molar-refractivity contribution in [1.29, 1.82) is 0 Å². The quantitative estimate of drug-likeness (QED) is 0.101. The first-order valence-electron chi connectivity index (χ1n) is 20.1. The van der Waals surface area contributed by atoms with Crippen molar-refractivity contribution in [1.82, 2.24) is 4.57 Å². The van der Waals surface area contributed by atoms with Crippen LogP contribution in [0.15, 0.2) is 121 Å². The van der Waals surface area contributed by atoms with Gasteiger partial charge in [0, 0.05) is 11.1 Å². The Kier molecular flexibility index (Phi) is 11.0. The average molecular weight is 684 g/mol. The van der Waals surface area contributed by atoms with Crippen LogP contribution in [0.1, 0.15) is 117 Å². The fourth-order valence-corrected chi connectivity index (χ4v) is 8.78. The summed E-state index contributed by atoms with van der Waals surface area (Å²) < 4.78 is 2.42. The number of benzene rings is 5. The minimum Gasteiger partial charge on any atom is -0.309 e. The first kappa shape index (κ1) is 35.8. The second kappa shape index (κ2) is 16.0. The molecule has 52 heavy (non-hydrogen) atoms. The molecule has 1 aliphatic rings. The second-order valence-corrected chi connectivity index (χ2v) is 15.6. The molecule has 1 nitrogen and oxygen atoms in total. The molecule has 0 fully saturated rings. The van der Waals surface area contributed by atoms with Crippen LogP contribution < -0.4 is 0 Å². The van der Waals surface area contributed by atoms with Crippen molar-refractivity contribution >= 4 is 0 Å². The van der Waals surface area contributed by atoms with Gasteiger partial charge in [0.05, 0.1) is 11.4 Å². The minimum atomic E-state index is 0.0770. The predicted octanol–water partition coefficient (Wildman–Crippen LogP) is 14.5. The Balaban J connectivity index is 1.28. The highest BCUT2D eigenvalue weighted by Crippen LogP contribution is 2.50. The monoisotopic (exact) mass is 683 g/mol. The summed E-state index contributed by atoms with van der Waals surface area (Å²) in [5.74, 6) is 0. The molecule has 0 amide bonds. The number of unbranched alkanes of at least 4 members (excludes halogenated alkanes) is 6. The zero-order valence-electron chi connectivity index (χ0n) is 32.3. The number of aryl methyl sites for hydroxylation is 3. The molecular weight excluding hydrogens is 627 g/mol. The lowest BCUT2D eigenvalue weighted by Gasteiger charge is -2.42. The highest BCUT2D eigenvalue weighted by atomic mass is 15.0. The van der Waals surface area contributed by atoms with Crippen LogP contribution in [0.25, 0.3) is 39.3 Å². The molecule has 0 N–H and O–H groups in total. The lowest BCUT2D eigenvalue weighted by atomic mass is 9.61. The summed E-state index contributed by atoms with van der Waals surface area (Å²) in [5.41, 5.74) is 19.0. The lowest BCUT2D eigenvalue weighted by molar-refractivity contribution is 0.383. The van der Waals surface area contributed by atoms with Crippen LogP contribution in [0.5, 0.6) is 0 Å². The summed E-state index contributed by atoms with van der Waals surface area (Å²) in [6.07, 6.45) is 13.9. The summed E-state index contributed by atoms with van der Waals surface area (Å²) in [5, 5.41) is 0. The van der Waals surface area contributed by atoms with Gasteiger partial charge >= 0.3 is 0 Å². The maximum atomic E-state index is 2.60. The number of hydrogen-bond donors (Lipinski definition) is 0. The van der Waals surface area contributed by atoms with Gasteiger partial charge in [-0.1, -0.05) is 173 Å².